The Morgan fingerprint density at radius 1 is 0.300 bits per heavy atom. The third-order valence-electron chi connectivity index (χ3n) is 11.8. The minimum atomic E-state index is 0. The van der Waals surface area contributed by atoms with E-state index in [4.69, 9.17) is 0 Å². The molecule has 0 saturated carbocycles. The van der Waals surface area contributed by atoms with Crippen molar-refractivity contribution in [1.29, 1.82) is 0 Å². The van der Waals surface area contributed by atoms with Crippen LogP contribution < -0.4 is 0 Å². The topological polar surface area (TPSA) is 117 Å². The molecule has 10 heteroatoms. The number of phenols is 2. The smallest absolute Gasteiger partial charge is 0.124 e. The molecule has 0 bridgehead atoms. The molecule has 80 heavy (non-hydrogen) atoms. The van der Waals surface area contributed by atoms with Gasteiger partial charge in [-0.1, -0.05) is 124 Å². The van der Waals surface area contributed by atoms with Crippen LogP contribution in [0.4, 0.5) is 0 Å². The summed E-state index contributed by atoms with van der Waals surface area (Å²) < 4.78 is 0. The zero-order valence-corrected chi connectivity index (χ0v) is 49.8. The molecule has 0 amide bonds. The van der Waals surface area contributed by atoms with Crippen molar-refractivity contribution in [2.75, 3.05) is 13.1 Å². The van der Waals surface area contributed by atoms with Crippen molar-refractivity contribution in [2.24, 2.45) is 9.98 Å². The summed E-state index contributed by atoms with van der Waals surface area (Å²) in [4.78, 5) is 25.7. The van der Waals surface area contributed by atoms with Crippen LogP contribution in [0.3, 0.4) is 0 Å². The summed E-state index contributed by atoms with van der Waals surface area (Å²) in [6.07, 6.45) is 23.2. The summed E-state index contributed by atoms with van der Waals surface area (Å²) in [5, 5.41) is 19.3. The van der Waals surface area contributed by atoms with E-state index < -0.39 is 0 Å². The van der Waals surface area contributed by atoms with E-state index in [9.17, 15) is 10.2 Å². The largest absolute Gasteiger partial charge is 0.507 e. The number of nitrogens with zero attached hydrogens (tertiary/aromatic N) is 6. The number of aromatic nitrogens is 4. The molecule has 10 aromatic rings. The molecule has 412 valence electrons. The second-order valence-corrected chi connectivity index (χ2v) is 17.7. The van der Waals surface area contributed by atoms with Gasteiger partial charge >= 0.3 is 0 Å². The number of pyridine rings is 4. The van der Waals surface area contributed by atoms with Crippen LogP contribution in [0.1, 0.15) is 75.3 Å². The first-order chi connectivity index (χ1) is 38.6. The quantitative estimate of drug-likeness (QED) is 0.0473. The number of para-hydroxylation sites is 2. The van der Waals surface area contributed by atoms with E-state index in [0.29, 0.717) is 11.5 Å². The van der Waals surface area contributed by atoms with Gasteiger partial charge in [-0.3, -0.25) is 9.98 Å². The summed E-state index contributed by atoms with van der Waals surface area (Å²) in [5.41, 5.74) is 9.62. The van der Waals surface area contributed by atoms with E-state index in [0.717, 1.165) is 82.1 Å². The van der Waals surface area contributed by atoms with Crippen molar-refractivity contribution in [3.63, 3.8) is 0 Å². The Morgan fingerprint density at radius 3 is 0.787 bits per heavy atom. The van der Waals surface area contributed by atoms with E-state index in [1.54, 1.807) is 49.3 Å². The van der Waals surface area contributed by atoms with Gasteiger partial charge in [-0.05, 0) is 84.1 Å². The molecule has 6 aromatic carbocycles. The van der Waals surface area contributed by atoms with Crippen molar-refractivity contribution < 1.29 is 50.4 Å². The van der Waals surface area contributed by atoms with Gasteiger partial charge in [0.25, 0.3) is 0 Å². The van der Waals surface area contributed by atoms with Crippen molar-refractivity contribution >= 4 is 12.4 Å². The maximum atomic E-state index is 9.67. The number of hydrogen-bond donors (Lipinski definition) is 2. The molecule has 2 N–H and O–H groups in total. The third-order valence-corrected chi connectivity index (χ3v) is 11.8. The number of phenolic OH excluding ortho intramolecular Hbond substituents is 2. The second-order valence-electron chi connectivity index (χ2n) is 17.7. The Labute approximate surface area is 501 Å². The van der Waals surface area contributed by atoms with E-state index >= 15 is 0 Å². The zero-order chi connectivity index (χ0) is 54.2. The first kappa shape index (κ1) is 64.7. The fraction of sp³-hybridized carbons (Fsp3) is 0.171. The standard InChI is InChI=1S/C26H36N2O2.4C11H8N.2Ir/c29-25-17-11-9-15-23(25)21-27-19-13-7-5-3-1-2-4-6-8-14-20-28-22-24-16-10-12-18-26(24)30;4*1-2-6-10(7-3-1)11-8-4-5-9-12-11;;/h9-12,15-18,21-22,29-30H,1-8,13-14,19-20H2;4*1-6,8-9H;;/q;4*-1;;. The Kier molecular flexibility index (Phi) is 33.3. The Bertz CT molecular complexity index is 2610. The number of aliphatic imine (C=N–C) groups is 2. The molecule has 2 radical (unpaired) electrons. The monoisotopic (exact) mass is 1410 g/mol. The van der Waals surface area contributed by atoms with E-state index in [1.807, 2.05) is 206 Å². The second kappa shape index (κ2) is 41.2. The molecular weight excluding hydrogens is 1340 g/mol. The van der Waals surface area contributed by atoms with Crippen molar-refractivity contribution in [1.82, 2.24) is 19.9 Å². The van der Waals surface area contributed by atoms with Gasteiger partial charge in [0.1, 0.15) is 11.5 Å². The van der Waals surface area contributed by atoms with Crippen LogP contribution in [0.25, 0.3) is 45.0 Å². The van der Waals surface area contributed by atoms with Crippen molar-refractivity contribution in [2.45, 2.75) is 64.2 Å². The van der Waals surface area contributed by atoms with E-state index in [1.165, 1.54) is 51.4 Å². The Balaban J connectivity index is 0.000000230. The zero-order valence-electron chi connectivity index (χ0n) is 45.0. The maximum absolute atomic E-state index is 9.67. The Morgan fingerprint density at radius 2 is 0.550 bits per heavy atom. The molecule has 10 rings (SSSR count). The summed E-state index contributed by atoms with van der Waals surface area (Å²) >= 11 is 0. The van der Waals surface area contributed by atoms with Gasteiger partial charge in [0.15, 0.2) is 0 Å². The van der Waals surface area contributed by atoms with Crippen LogP contribution in [0.5, 0.6) is 11.5 Å². The Hall–Kier alpha value is -7.84. The average molecular weight is 1410 g/mol. The summed E-state index contributed by atoms with van der Waals surface area (Å²) in [6, 6.07) is 81.9. The molecule has 0 saturated heterocycles. The molecule has 4 aromatic heterocycles. The molecule has 0 aliphatic rings. The maximum Gasteiger partial charge on any atom is 0.124 e. The van der Waals surface area contributed by atoms with E-state index in [-0.39, 0.29) is 40.2 Å². The molecule has 0 fully saturated rings. The van der Waals surface area contributed by atoms with Crippen molar-refractivity contribution in [3.05, 3.63) is 279 Å². The molecule has 0 aliphatic heterocycles. The molecule has 0 atom stereocenters. The minimum absolute atomic E-state index is 0. The minimum Gasteiger partial charge on any atom is -0.507 e. The molecular formula is C70H68Ir2N6O2-4. The first-order valence-electron chi connectivity index (χ1n) is 26.7. The first-order valence-corrected chi connectivity index (χ1v) is 26.7. The van der Waals surface area contributed by atoms with Crippen LogP contribution in [-0.2, 0) is 40.2 Å². The summed E-state index contributed by atoms with van der Waals surface area (Å²) in [7, 11) is 0. The van der Waals surface area contributed by atoms with Crippen LogP contribution in [0.2, 0.25) is 0 Å². The van der Waals surface area contributed by atoms with Crippen LogP contribution in [-0.4, -0.2) is 55.7 Å². The van der Waals surface area contributed by atoms with Crippen LogP contribution >= 0.6 is 0 Å². The SMILES string of the molecule is Oc1ccccc1C=NCCCCCCCCCCCCN=Cc1ccccc1O.[Ir].[Ir].[c-]1ccccc1-c1ccccn1.[c-]1ccccc1-c1ccccn1.[c-]1ccccc1-c1ccccn1.[c-]1ccccc1-c1ccccn1. The fourth-order valence-corrected chi connectivity index (χ4v) is 7.64. The van der Waals surface area contributed by atoms with Crippen LogP contribution in [0, 0.1) is 24.3 Å². The normalized spacial score (nSPS) is 10.2. The molecule has 4 heterocycles. The molecule has 8 nitrogen and oxygen atoms in total. The molecule has 0 aliphatic carbocycles. The van der Waals surface area contributed by atoms with Gasteiger partial charge in [0.05, 0.1) is 0 Å². The average Bonchev–Trinajstić information content (AvgIpc) is 3.52. The number of hydrogen-bond acceptors (Lipinski definition) is 8. The van der Waals surface area contributed by atoms with Crippen molar-refractivity contribution in [3.8, 4) is 56.5 Å². The number of aromatic hydroxyl groups is 2. The number of benzene rings is 6. The van der Waals surface area contributed by atoms with Gasteiger partial charge < -0.3 is 30.1 Å². The van der Waals surface area contributed by atoms with Gasteiger partial charge in [-0.2, -0.15) is 0 Å². The number of rotatable bonds is 19. The van der Waals surface area contributed by atoms with Gasteiger partial charge in [0, 0.05) is 102 Å². The number of unbranched alkanes of at least 4 members (excludes halogenated alkanes) is 9. The van der Waals surface area contributed by atoms with Gasteiger partial charge in [-0.15, -0.1) is 144 Å². The predicted molar refractivity (Wildman–Crippen MR) is 321 cm³/mol. The molecule has 0 spiro atoms. The van der Waals surface area contributed by atoms with Crippen LogP contribution in [0.15, 0.2) is 253 Å². The predicted octanol–water partition coefficient (Wildman–Crippen LogP) is 16.7. The summed E-state index contributed by atoms with van der Waals surface area (Å²) in [5.74, 6) is 0.586. The van der Waals surface area contributed by atoms with Gasteiger partial charge in [0.2, 0.25) is 0 Å². The third kappa shape index (κ3) is 26.2. The fourth-order valence-electron chi connectivity index (χ4n) is 7.64. The van der Waals surface area contributed by atoms with E-state index in [2.05, 4.69) is 54.2 Å². The molecule has 0 unspecified atom stereocenters. The summed E-state index contributed by atoms with van der Waals surface area (Å²) in [6.45, 7) is 1.67. The van der Waals surface area contributed by atoms with Gasteiger partial charge in [-0.25, -0.2) is 0 Å².